The molecule has 200 valence electrons. The molecule has 3 fully saturated rings. The minimum atomic E-state index is -3.78. The lowest BCUT2D eigenvalue weighted by Gasteiger charge is -2.37. The molecule has 11 heteroatoms. The van der Waals surface area contributed by atoms with Crippen LogP contribution in [-0.2, 0) is 26.3 Å². The summed E-state index contributed by atoms with van der Waals surface area (Å²) in [5.74, 6) is -0.132. The zero-order valence-corrected chi connectivity index (χ0v) is 22.0. The van der Waals surface area contributed by atoms with Crippen molar-refractivity contribution in [3.05, 3.63) is 69.8 Å². The number of benzene rings is 2. The topological polar surface area (TPSA) is 128 Å². The van der Waals surface area contributed by atoms with Crippen LogP contribution in [0.3, 0.4) is 0 Å². The van der Waals surface area contributed by atoms with Crippen molar-refractivity contribution in [1.82, 2.24) is 4.31 Å². The van der Waals surface area contributed by atoms with Crippen LogP contribution in [0.4, 0.5) is 5.69 Å². The van der Waals surface area contributed by atoms with E-state index in [1.54, 1.807) is 0 Å². The SMILES string of the molecule is CC1(C)C2CC[C@@]13CS(=O)(=O)N(C(=O)C1CC(c4ccc([N+](=O)[O-])c(OCc5ccccc5)c4)=NO1)[C@H]3C2. The number of carbonyl (C=O) groups excluding carboxylic acids is 1. The fourth-order valence-corrected chi connectivity index (χ4v) is 9.66. The van der Waals surface area contributed by atoms with Crippen LogP contribution >= 0.6 is 0 Å². The Bertz CT molecular complexity index is 1460. The van der Waals surface area contributed by atoms with Crippen molar-refractivity contribution in [3.63, 3.8) is 0 Å². The lowest BCUT2D eigenvalue weighted by Crippen LogP contribution is -2.47. The van der Waals surface area contributed by atoms with Crippen molar-refractivity contribution in [2.75, 3.05) is 5.75 Å². The standard InChI is InChI=1S/C27H29N3O7S/c1-26(2)19-10-11-27(26)16-38(34,35)29(24(27)13-19)25(31)23-14-20(28-37-23)18-8-9-21(30(32)33)22(12-18)36-15-17-6-4-3-5-7-17/h3-9,12,19,23-24H,10-11,13-16H2,1-2H3/t19?,23?,24-,27-/m0/s1. The highest BCUT2D eigenvalue weighted by atomic mass is 32.2. The van der Waals surface area contributed by atoms with E-state index in [1.807, 2.05) is 30.3 Å². The van der Waals surface area contributed by atoms with Gasteiger partial charge in [0.2, 0.25) is 16.1 Å². The smallest absolute Gasteiger partial charge is 0.310 e. The average Bonchev–Trinajstić information content (AvgIpc) is 3.58. The van der Waals surface area contributed by atoms with Crippen molar-refractivity contribution in [1.29, 1.82) is 0 Å². The molecule has 2 aliphatic carbocycles. The molecule has 38 heavy (non-hydrogen) atoms. The first-order valence-corrected chi connectivity index (χ1v) is 14.4. The summed E-state index contributed by atoms with van der Waals surface area (Å²) < 4.78 is 33.4. The number of fused-ring (bicyclic) bond motifs is 1. The second kappa shape index (κ2) is 8.52. The van der Waals surface area contributed by atoms with Gasteiger partial charge in [0.1, 0.15) is 6.61 Å². The lowest BCUT2D eigenvalue weighted by molar-refractivity contribution is -0.385. The predicted molar refractivity (Wildman–Crippen MR) is 138 cm³/mol. The van der Waals surface area contributed by atoms with Crippen LogP contribution in [0.25, 0.3) is 0 Å². The first-order valence-electron chi connectivity index (χ1n) is 12.8. The number of hydrogen-bond acceptors (Lipinski definition) is 8. The number of hydrogen-bond donors (Lipinski definition) is 0. The van der Waals surface area contributed by atoms with Gasteiger partial charge in [-0.25, -0.2) is 12.7 Å². The van der Waals surface area contributed by atoms with Gasteiger partial charge in [0.25, 0.3) is 5.91 Å². The molecule has 2 saturated carbocycles. The third-order valence-electron chi connectivity index (χ3n) is 9.30. The Balaban J connectivity index is 1.21. The summed E-state index contributed by atoms with van der Waals surface area (Å²) in [6.45, 7) is 4.41. The second-order valence-electron chi connectivity index (χ2n) is 11.3. The Morgan fingerprint density at radius 2 is 2.00 bits per heavy atom. The van der Waals surface area contributed by atoms with Crippen molar-refractivity contribution in [2.24, 2.45) is 21.9 Å². The molecule has 4 atom stereocenters. The Kier molecular flexibility index (Phi) is 5.57. The third-order valence-corrected chi connectivity index (χ3v) is 11.2. The van der Waals surface area contributed by atoms with E-state index in [0.29, 0.717) is 23.6 Å². The van der Waals surface area contributed by atoms with Crippen LogP contribution in [0.2, 0.25) is 0 Å². The van der Waals surface area contributed by atoms with Crippen LogP contribution in [0.15, 0.2) is 53.7 Å². The summed E-state index contributed by atoms with van der Waals surface area (Å²) in [4.78, 5) is 30.1. The zero-order chi connectivity index (χ0) is 26.9. The summed E-state index contributed by atoms with van der Waals surface area (Å²) in [7, 11) is -3.78. The van der Waals surface area contributed by atoms with Gasteiger partial charge in [-0.2, -0.15) is 0 Å². The van der Waals surface area contributed by atoms with Gasteiger partial charge in [-0.3, -0.25) is 14.9 Å². The van der Waals surface area contributed by atoms with Crippen molar-refractivity contribution >= 4 is 27.3 Å². The zero-order valence-electron chi connectivity index (χ0n) is 21.2. The molecule has 6 rings (SSSR count). The van der Waals surface area contributed by atoms with Crippen LogP contribution in [0.1, 0.15) is 50.7 Å². The van der Waals surface area contributed by atoms with E-state index in [2.05, 4.69) is 19.0 Å². The highest BCUT2D eigenvalue weighted by Gasteiger charge is 2.72. The molecular weight excluding hydrogens is 510 g/mol. The minimum Gasteiger partial charge on any atom is -0.482 e. The van der Waals surface area contributed by atoms with E-state index in [9.17, 15) is 23.3 Å². The molecule has 0 radical (unpaired) electrons. The van der Waals surface area contributed by atoms with Crippen molar-refractivity contribution in [3.8, 4) is 5.75 Å². The van der Waals surface area contributed by atoms with Gasteiger partial charge in [0, 0.05) is 23.5 Å². The molecule has 2 aromatic rings. The molecule has 2 bridgehead atoms. The number of ether oxygens (including phenoxy) is 1. The first kappa shape index (κ1) is 24.8. The molecule has 2 unspecified atom stereocenters. The maximum atomic E-state index is 13.6. The van der Waals surface area contributed by atoms with E-state index in [-0.39, 0.29) is 41.7 Å². The van der Waals surface area contributed by atoms with E-state index < -0.39 is 32.4 Å². The summed E-state index contributed by atoms with van der Waals surface area (Å²) in [6.07, 6.45) is 1.47. The van der Waals surface area contributed by atoms with E-state index in [1.165, 1.54) is 18.2 Å². The number of oxime groups is 1. The average molecular weight is 540 g/mol. The highest BCUT2D eigenvalue weighted by molar-refractivity contribution is 7.90. The summed E-state index contributed by atoms with van der Waals surface area (Å²) >= 11 is 0. The Labute approximate surface area is 220 Å². The lowest BCUT2D eigenvalue weighted by atomic mass is 9.69. The molecule has 1 spiro atoms. The second-order valence-corrected chi connectivity index (χ2v) is 13.2. The Morgan fingerprint density at radius 3 is 2.71 bits per heavy atom. The van der Waals surface area contributed by atoms with Crippen LogP contribution < -0.4 is 4.74 Å². The number of rotatable bonds is 6. The molecule has 10 nitrogen and oxygen atoms in total. The van der Waals surface area contributed by atoms with Gasteiger partial charge in [-0.05, 0) is 48.3 Å². The minimum absolute atomic E-state index is 0.00912. The van der Waals surface area contributed by atoms with E-state index in [0.717, 1.165) is 22.7 Å². The maximum absolute atomic E-state index is 13.6. The molecule has 2 heterocycles. The van der Waals surface area contributed by atoms with Crippen LogP contribution in [-0.4, -0.2) is 47.2 Å². The van der Waals surface area contributed by atoms with Gasteiger partial charge >= 0.3 is 5.69 Å². The monoisotopic (exact) mass is 539 g/mol. The van der Waals surface area contributed by atoms with Crippen LogP contribution in [0.5, 0.6) is 5.75 Å². The van der Waals surface area contributed by atoms with Gasteiger partial charge in [0.05, 0.1) is 22.4 Å². The number of nitrogens with zero attached hydrogens (tertiary/aromatic N) is 3. The largest absolute Gasteiger partial charge is 0.482 e. The molecule has 4 aliphatic rings. The van der Waals surface area contributed by atoms with Crippen molar-refractivity contribution in [2.45, 2.75) is 58.3 Å². The number of nitro groups is 1. The molecule has 1 saturated heterocycles. The van der Waals surface area contributed by atoms with Gasteiger partial charge in [-0.1, -0.05) is 49.3 Å². The molecular formula is C27H29N3O7S. The van der Waals surface area contributed by atoms with E-state index >= 15 is 0 Å². The quantitative estimate of drug-likeness (QED) is 0.400. The normalized spacial score (nSPS) is 30.0. The number of sulfonamides is 1. The Hall–Kier alpha value is -3.47. The summed E-state index contributed by atoms with van der Waals surface area (Å²) in [5.41, 5.74) is 1.01. The van der Waals surface area contributed by atoms with Gasteiger partial charge in [-0.15, -0.1) is 0 Å². The summed E-state index contributed by atoms with van der Waals surface area (Å²) in [6, 6.07) is 13.3. The molecule has 2 aromatic carbocycles. The summed E-state index contributed by atoms with van der Waals surface area (Å²) in [5, 5.41) is 15.6. The highest BCUT2D eigenvalue weighted by Crippen LogP contribution is 2.70. The van der Waals surface area contributed by atoms with Crippen LogP contribution in [0, 0.1) is 26.9 Å². The molecule has 0 N–H and O–H groups in total. The predicted octanol–water partition coefficient (Wildman–Crippen LogP) is 4.03. The maximum Gasteiger partial charge on any atom is 0.310 e. The fraction of sp³-hybridized carbons (Fsp3) is 0.481. The molecule has 1 amide bonds. The van der Waals surface area contributed by atoms with Crippen molar-refractivity contribution < 1.29 is 27.7 Å². The van der Waals surface area contributed by atoms with Gasteiger partial charge in [0.15, 0.2) is 5.75 Å². The number of amides is 1. The Morgan fingerprint density at radius 1 is 1.24 bits per heavy atom. The molecule has 2 aliphatic heterocycles. The van der Waals surface area contributed by atoms with Gasteiger partial charge < -0.3 is 9.57 Å². The van der Waals surface area contributed by atoms with E-state index in [4.69, 9.17) is 9.57 Å². The fourth-order valence-electron chi connectivity index (χ4n) is 7.10. The number of carbonyl (C=O) groups is 1. The number of nitro benzene ring substituents is 1. The third kappa shape index (κ3) is 3.62. The molecule has 0 aromatic heterocycles. The first-order chi connectivity index (χ1) is 18.0.